The molecular weight excluding hydrogens is 346 g/mol. The number of hydrogen-bond donors (Lipinski definition) is 1. The van der Waals surface area contributed by atoms with Gasteiger partial charge in [0.2, 0.25) is 10.0 Å². The number of sulfonamides is 1. The van der Waals surface area contributed by atoms with Crippen LogP contribution in [0, 0.1) is 5.92 Å². The molecule has 1 amide bonds. The van der Waals surface area contributed by atoms with Crippen LogP contribution in [0.15, 0.2) is 17.2 Å². The van der Waals surface area contributed by atoms with Crippen molar-refractivity contribution in [3.05, 3.63) is 18.0 Å². The van der Waals surface area contributed by atoms with Gasteiger partial charge in [-0.3, -0.25) is 9.59 Å². The summed E-state index contributed by atoms with van der Waals surface area (Å²) in [5.41, 5.74) is 0.167. The smallest absolute Gasteiger partial charge is 0.325 e. The molecule has 9 heteroatoms. The van der Waals surface area contributed by atoms with Gasteiger partial charge in [-0.25, -0.2) is 8.42 Å². The van der Waals surface area contributed by atoms with Crippen molar-refractivity contribution >= 4 is 21.9 Å². The molecule has 0 spiro atoms. The molecule has 0 bridgehead atoms. The van der Waals surface area contributed by atoms with Crippen LogP contribution in [-0.4, -0.2) is 55.4 Å². The molecule has 1 aromatic heterocycles. The number of nitrogens with zero attached hydrogens (tertiary/aromatic N) is 2. The number of ether oxygens (including phenoxy) is 1. The molecule has 1 aliphatic carbocycles. The first kappa shape index (κ1) is 19.5. The molecule has 1 aromatic rings. The van der Waals surface area contributed by atoms with E-state index >= 15 is 0 Å². The lowest BCUT2D eigenvalue weighted by Gasteiger charge is -2.17. The maximum absolute atomic E-state index is 12.5. The minimum atomic E-state index is -3.64. The van der Waals surface area contributed by atoms with Crippen molar-refractivity contribution in [1.82, 2.24) is 14.2 Å². The van der Waals surface area contributed by atoms with E-state index in [1.54, 1.807) is 20.9 Å². The minimum Gasteiger partial charge on any atom is -0.464 e. The average Bonchev–Trinajstić information content (AvgIpc) is 3.31. The fraction of sp³-hybridized carbons (Fsp3) is 0.625. The topological polar surface area (TPSA) is 97.7 Å². The first-order valence-corrected chi connectivity index (χ1v) is 9.83. The van der Waals surface area contributed by atoms with Gasteiger partial charge in [0.15, 0.2) is 0 Å². The molecule has 25 heavy (non-hydrogen) atoms. The Bertz CT molecular complexity index is 733. The molecule has 1 fully saturated rings. The van der Waals surface area contributed by atoms with E-state index in [9.17, 15) is 18.0 Å². The first-order chi connectivity index (χ1) is 11.8. The number of carbonyl (C=O) groups is 2. The number of aromatic nitrogens is 1. The van der Waals surface area contributed by atoms with Gasteiger partial charge in [0.1, 0.15) is 17.1 Å². The maximum Gasteiger partial charge on any atom is 0.325 e. The Morgan fingerprint density at radius 3 is 2.52 bits per heavy atom. The Morgan fingerprint density at radius 2 is 1.96 bits per heavy atom. The third-order valence-corrected chi connectivity index (χ3v) is 6.14. The van der Waals surface area contributed by atoms with Gasteiger partial charge in [-0.15, -0.1) is 0 Å². The predicted octanol–water partition coefficient (Wildman–Crippen LogP) is 0.739. The van der Waals surface area contributed by atoms with Crippen molar-refractivity contribution < 1.29 is 22.7 Å². The number of esters is 1. The van der Waals surface area contributed by atoms with E-state index in [4.69, 9.17) is 4.74 Å². The molecule has 1 heterocycles. The van der Waals surface area contributed by atoms with Gasteiger partial charge in [0, 0.05) is 26.3 Å². The zero-order valence-electron chi connectivity index (χ0n) is 14.8. The van der Waals surface area contributed by atoms with E-state index in [-0.39, 0.29) is 17.1 Å². The molecule has 0 atom stereocenters. The van der Waals surface area contributed by atoms with E-state index in [0.29, 0.717) is 25.6 Å². The highest BCUT2D eigenvalue weighted by molar-refractivity contribution is 7.89. The molecule has 1 N–H and O–H groups in total. The Balaban J connectivity index is 2.00. The monoisotopic (exact) mass is 371 g/mol. The summed E-state index contributed by atoms with van der Waals surface area (Å²) in [4.78, 5) is 23.9. The molecule has 0 aliphatic heterocycles. The number of rotatable bonds is 9. The molecule has 2 rings (SSSR count). The highest BCUT2D eigenvalue weighted by atomic mass is 32.2. The van der Waals surface area contributed by atoms with E-state index in [0.717, 1.165) is 12.8 Å². The largest absolute Gasteiger partial charge is 0.464 e. The van der Waals surface area contributed by atoms with Crippen LogP contribution in [0.4, 0.5) is 0 Å². The quantitative estimate of drug-likeness (QED) is 0.646. The van der Waals surface area contributed by atoms with Crippen molar-refractivity contribution in [3.8, 4) is 0 Å². The Kier molecular flexibility index (Phi) is 6.23. The normalized spacial score (nSPS) is 14.6. The van der Waals surface area contributed by atoms with Gasteiger partial charge in [-0.05, 0) is 24.8 Å². The van der Waals surface area contributed by atoms with Crippen LogP contribution in [0.3, 0.4) is 0 Å². The summed E-state index contributed by atoms with van der Waals surface area (Å²) >= 11 is 0. The van der Waals surface area contributed by atoms with Gasteiger partial charge in [-0.1, -0.05) is 13.8 Å². The van der Waals surface area contributed by atoms with Crippen molar-refractivity contribution in [2.75, 3.05) is 26.2 Å². The van der Waals surface area contributed by atoms with E-state index in [2.05, 4.69) is 5.32 Å². The summed E-state index contributed by atoms with van der Waals surface area (Å²) in [6, 6.07) is 1.32. The standard InChI is InChI=1S/C16H25N3O5S/c1-4-19(5-2)25(22,23)13-8-14(18(3)10-13)16(21)17-9-15(20)24-11-12-6-7-12/h8,10,12H,4-7,9,11H2,1-3H3,(H,17,21). The summed E-state index contributed by atoms with van der Waals surface area (Å²) in [6.45, 7) is 4.36. The highest BCUT2D eigenvalue weighted by Crippen LogP contribution is 2.28. The number of hydrogen-bond acceptors (Lipinski definition) is 5. The van der Waals surface area contributed by atoms with Crippen LogP contribution < -0.4 is 5.32 Å². The summed E-state index contributed by atoms with van der Waals surface area (Å²) in [5, 5.41) is 2.46. The van der Waals surface area contributed by atoms with Gasteiger partial charge < -0.3 is 14.6 Å². The number of amides is 1. The van der Waals surface area contributed by atoms with Gasteiger partial charge in [-0.2, -0.15) is 4.31 Å². The van der Waals surface area contributed by atoms with Crippen LogP contribution >= 0.6 is 0 Å². The van der Waals surface area contributed by atoms with Crippen molar-refractivity contribution in [3.63, 3.8) is 0 Å². The fourth-order valence-corrected chi connectivity index (χ4v) is 3.93. The molecule has 0 aromatic carbocycles. The van der Waals surface area contributed by atoms with Crippen LogP contribution in [0.2, 0.25) is 0 Å². The third kappa shape index (κ3) is 4.82. The van der Waals surface area contributed by atoms with Crippen LogP contribution in [-0.2, 0) is 26.6 Å². The molecule has 0 unspecified atom stereocenters. The second-order valence-electron chi connectivity index (χ2n) is 6.07. The van der Waals surface area contributed by atoms with Gasteiger partial charge >= 0.3 is 5.97 Å². The lowest BCUT2D eigenvalue weighted by molar-refractivity contribution is -0.142. The van der Waals surface area contributed by atoms with Crippen molar-refractivity contribution in [2.45, 2.75) is 31.6 Å². The molecular formula is C16H25N3O5S. The van der Waals surface area contributed by atoms with Gasteiger partial charge in [0.05, 0.1) is 6.61 Å². The van der Waals surface area contributed by atoms with Gasteiger partial charge in [0.25, 0.3) is 5.91 Å². The molecule has 0 saturated heterocycles. The lowest BCUT2D eigenvalue weighted by Crippen LogP contribution is -2.32. The second-order valence-corrected chi connectivity index (χ2v) is 8.01. The predicted molar refractivity (Wildman–Crippen MR) is 91.5 cm³/mol. The summed E-state index contributed by atoms with van der Waals surface area (Å²) in [5.74, 6) is -0.558. The summed E-state index contributed by atoms with van der Waals surface area (Å²) < 4.78 is 32.8. The molecule has 1 aliphatic rings. The summed E-state index contributed by atoms with van der Waals surface area (Å²) in [6.07, 6.45) is 3.55. The van der Waals surface area contributed by atoms with E-state index in [1.165, 1.54) is 21.1 Å². The third-order valence-electron chi connectivity index (χ3n) is 4.13. The zero-order valence-corrected chi connectivity index (χ0v) is 15.6. The van der Waals surface area contributed by atoms with Crippen molar-refractivity contribution in [1.29, 1.82) is 0 Å². The molecule has 8 nitrogen and oxygen atoms in total. The second kappa shape index (κ2) is 8.01. The fourth-order valence-electron chi connectivity index (χ4n) is 2.40. The summed E-state index contributed by atoms with van der Waals surface area (Å²) in [7, 11) is -2.05. The Labute approximate surface area is 148 Å². The number of aryl methyl sites for hydroxylation is 1. The maximum atomic E-state index is 12.5. The van der Waals surface area contributed by atoms with Crippen LogP contribution in [0.25, 0.3) is 0 Å². The number of carbonyl (C=O) groups excluding carboxylic acids is 2. The van der Waals surface area contributed by atoms with E-state index in [1.807, 2.05) is 0 Å². The van der Waals surface area contributed by atoms with Crippen LogP contribution in [0.1, 0.15) is 37.2 Å². The zero-order chi connectivity index (χ0) is 18.6. The van der Waals surface area contributed by atoms with E-state index < -0.39 is 21.9 Å². The molecule has 0 radical (unpaired) electrons. The highest BCUT2D eigenvalue weighted by Gasteiger charge is 2.26. The molecule has 1 saturated carbocycles. The number of nitrogens with one attached hydrogen (secondary N) is 1. The van der Waals surface area contributed by atoms with Crippen molar-refractivity contribution in [2.24, 2.45) is 13.0 Å². The lowest BCUT2D eigenvalue weighted by atomic mass is 10.4. The first-order valence-electron chi connectivity index (χ1n) is 8.39. The Hall–Kier alpha value is -1.87. The average molecular weight is 371 g/mol. The minimum absolute atomic E-state index is 0.0557. The Morgan fingerprint density at radius 1 is 1.32 bits per heavy atom. The molecule has 140 valence electrons. The SMILES string of the molecule is CCN(CC)S(=O)(=O)c1cc(C(=O)NCC(=O)OCC2CC2)n(C)c1. The van der Waals surface area contributed by atoms with Crippen LogP contribution in [0.5, 0.6) is 0 Å².